The maximum Gasteiger partial charge on any atom is 0.244 e. The number of amides is 1. The molecule has 0 radical (unpaired) electrons. The second-order valence-corrected chi connectivity index (χ2v) is 4.52. The Morgan fingerprint density at radius 2 is 2.15 bits per heavy atom. The van der Waals surface area contributed by atoms with E-state index in [1.165, 1.54) is 24.3 Å². The number of hydrogen-bond acceptors (Lipinski definition) is 3. The van der Waals surface area contributed by atoms with Crippen molar-refractivity contribution in [3.63, 3.8) is 0 Å². The number of hydrogen-bond donors (Lipinski definition) is 2. The van der Waals surface area contributed by atoms with Crippen LogP contribution in [0.3, 0.4) is 0 Å². The van der Waals surface area contributed by atoms with Gasteiger partial charge in [0.1, 0.15) is 11.9 Å². The molecule has 0 aliphatic carbocycles. The van der Waals surface area contributed by atoms with E-state index in [0.29, 0.717) is 11.3 Å². The average Bonchev–Trinajstić information content (AvgIpc) is 2.85. The highest BCUT2D eigenvalue weighted by Gasteiger charge is 2.18. The minimum atomic E-state index is -0.713. The second kappa shape index (κ2) is 6.18. The first-order chi connectivity index (χ1) is 9.60. The Kier molecular flexibility index (Phi) is 4.34. The zero-order valence-electron chi connectivity index (χ0n) is 11.2. The monoisotopic (exact) mass is 276 g/mol. The number of halogens is 1. The first kappa shape index (κ1) is 14.0. The van der Waals surface area contributed by atoms with Crippen LogP contribution < -0.4 is 11.1 Å². The van der Waals surface area contributed by atoms with Gasteiger partial charge in [0.15, 0.2) is 0 Å². The van der Waals surface area contributed by atoms with Crippen molar-refractivity contribution < 1.29 is 9.18 Å². The standard InChI is InChI=1S/C14H17FN4O/c1-2-7-19-9-12(8-17-19)18-13(14(16)20)10-3-5-11(15)6-4-10/h3-6,8-9,13,18H,2,7H2,1H3,(H2,16,20). The molecule has 1 amide bonds. The summed E-state index contributed by atoms with van der Waals surface area (Å²) in [7, 11) is 0. The van der Waals surface area contributed by atoms with Crippen molar-refractivity contribution in [3.05, 3.63) is 48.0 Å². The highest BCUT2D eigenvalue weighted by Crippen LogP contribution is 2.19. The van der Waals surface area contributed by atoms with E-state index in [2.05, 4.69) is 17.3 Å². The molecule has 1 aromatic heterocycles. The largest absolute Gasteiger partial charge is 0.368 e. The summed E-state index contributed by atoms with van der Waals surface area (Å²) in [5, 5.41) is 7.18. The van der Waals surface area contributed by atoms with Crippen LogP contribution in [-0.2, 0) is 11.3 Å². The second-order valence-electron chi connectivity index (χ2n) is 4.52. The van der Waals surface area contributed by atoms with Gasteiger partial charge in [-0.15, -0.1) is 0 Å². The zero-order chi connectivity index (χ0) is 14.5. The zero-order valence-corrected chi connectivity index (χ0v) is 11.2. The van der Waals surface area contributed by atoms with Gasteiger partial charge in [-0.25, -0.2) is 4.39 Å². The van der Waals surface area contributed by atoms with Crippen LogP contribution in [0.1, 0.15) is 24.9 Å². The summed E-state index contributed by atoms with van der Waals surface area (Å²) >= 11 is 0. The van der Waals surface area contributed by atoms with Gasteiger partial charge < -0.3 is 11.1 Å². The molecule has 1 atom stereocenters. The number of aromatic nitrogens is 2. The molecular formula is C14H17FN4O. The summed E-state index contributed by atoms with van der Waals surface area (Å²) in [6.07, 6.45) is 4.41. The van der Waals surface area contributed by atoms with Gasteiger partial charge >= 0.3 is 0 Å². The molecule has 5 nitrogen and oxygen atoms in total. The quantitative estimate of drug-likeness (QED) is 0.848. The van der Waals surface area contributed by atoms with Gasteiger partial charge in [-0.05, 0) is 24.1 Å². The smallest absolute Gasteiger partial charge is 0.244 e. The first-order valence-corrected chi connectivity index (χ1v) is 6.44. The van der Waals surface area contributed by atoms with Gasteiger partial charge in [-0.3, -0.25) is 9.48 Å². The van der Waals surface area contributed by atoms with E-state index in [9.17, 15) is 9.18 Å². The fourth-order valence-corrected chi connectivity index (χ4v) is 1.93. The van der Waals surface area contributed by atoms with E-state index in [-0.39, 0.29) is 5.82 Å². The Morgan fingerprint density at radius 1 is 1.45 bits per heavy atom. The molecule has 0 saturated carbocycles. The average molecular weight is 276 g/mol. The van der Waals surface area contributed by atoms with Gasteiger partial charge in [-0.1, -0.05) is 19.1 Å². The number of anilines is 1. The summed E-state index contributed by atoms with van der Waals surface area (Å²) in [4.78, 5) is 11.6. The van der Waals surface area contributed by atoms with Crippen LogP contribution in [0.4, 0.5) is 10.1 Å². The minimum Gasteiger partial charge on any atom is -0.368 e. The molecule has 0 aliphatic heterocycles. The number of nitrogens with zero attached hydrogens (tertiary/aromatic N) is 2. The van der Waals surface area contributed by atoms with Crippen molar-refractivity contribution in [1.29, 1.82) is 0 Å². The highest BCUT2D eigenvalue weighted by atomic mass is 19.1. The molecule has 2 rings (SSSR count). The number of benzene rings is 1. The van der Waals surface area contributed by atoms with E-state index in [4.69, 9.17) is 5.73 Å². The Bertz CT molecular complexity index is 579. The number of carbonyl (C=O) groups excluding carboxylic acids is 1. The molecule has 0 spiro atoms. The van der Waals surface area contributed by atoms with Crippen molar-refractivity contribution in [3.8, 4) is 0 Å². The SMILES string of the molecule is CCCn1cc(NC(C(N)=O)c2ccc(F)cc2)cn1. The van der Waals surface area contributed by atoms with E-state index < -0.39 is 11.9 Å². The number of nitrogens with one attached hydrogen (secondary N) is 1. The molecule has 2 aromatic rings. The van der Waals surface area contributed by atoms with Crippen LogP contribution in [0, 0.1) is 5.82 Å². The van der Waals surface area contributed by atoms with Crippen molar-refractivity contribution in [2.24, 2.45) is 5.73 Å². The molecule has 20 heavy (non-hydrogen) atoms. The number of rotatable bonds is 6. The summed E-state index contributed by atoms with van der Waals surface area (Å²) in [6, 6.07) is 4.96. The predicted molar refractivity (Wildman–Crippen MR) is 74.5 cm³/mol. The van der Waals surface area contributed by atoms with E-state index in [1.807, 2.05) is 6.20 Å². The molecule has 0 saturated heterocycles. The van der Waals surface area contributed by atoms with Gasteiger partial charge in [-0.2, -0.15) is 5.10 Å². The number of nitrogens with two attached hydrogens (primary N) is 1. The summed E-state index contributed by atoms with van der Waals surface area (Å²) in [5.41, 5.74) is 6.71. The number of primary amides is 1. The van der Waals surface area contributed by atoms with Gasteiger partial charge in [0.25, 0.3) is 0 Å². The van der Waals surface area contributed by atoms with E-state index in [0.717, 1.165) is 13.0 Å². The van der Waals surface area contributed by atoms with Crippen LogP contribution in [0.5, 0.6) is 0 Å². The molecule has 0 fully saturated rings. The molecule has 3 N–H and O–H groups in total. The summed E-state index contributed by atoms with van der Waals surface area (Å²) in [5.74, 6) is -0.882. The molecule has 0 aliphatic rings. The lowest BCUT2D eigenvalue weighted by Gasteiger charge is -2.15. The van der Waals surface area contributed by atoms with Gasteiger partial charge in [0.2, 0.25) is 5.91 Å². The Balaban J connectivity index is 2.16. The molecule has 1 unspecified atom stereocenters. The van der Waals surface area contributed by atoms with Gasteiger partial charge in [0, 0.05) is 12.7 Å². The minimum absolute atomic E-state index is 0.354. The normalized spacial score (nSPS) is 12.1. The Morgan fingerprint density at radius 3 is 2.75 bits per heavy atom. The predicted octanol–water partition coefficient (Wildman–Crippen LogP) is 2.07. The van der Waals surface area contributed by atoms with Crippen LogP contribution in [-0.4, -0.2) is 15.7 Å². The maximum atomic E-state index is 12.9. The van der Waals surface area contributed by atoms with Crippen molar-refractivity contribution in [2.45, 2.75) is 25.9 Å². The third kappa shape index (κ3) is 3.34. The van der Waals surface area contributed by atoms with Crippen LogP contribution in [0.25, 0.3) is 0 Å². The fraction of sp³-hybridized carbons (Fsp3) is 0.286. The molecule has 106 valence electrons. The van der Waals surface area contributed by atoms with Crippen molar-refractivity contribution in [2.75, 3.05) is 5.32 Å². The summed E-state index contributed by atoms with van der Waals surface area (Å²) in [6.45, 7) is 2.86. The third-order valence-corrected chi connectivity index (χ3v) is 2.88. The lowest BCUT2D eigenvalue weighted by atomic mass is 10.1. The number of aryl methyl sites for hydroxylation is 1. The van der Waals surface area contributed by atoms with E-state index >= 15 is 0 Å². The van der Waals surface area contributed by atoms with E-state index in [1.54, 1.807) is 10.9 Å². The number of carbonyl (C=O) groups is 1. The molecule has 1 aromatic carbocycles. The van der Waals surface area contributed by atoms with Crippen molar-refractivity contribution in [1.82, 2.24) is 9.78 Å². The maximum absolute atomic E-state index is 12.9. The highest BCUT2D eigenvalue weighted by molar-refractivity contribution is 5.84. The van der Waals surface area contributed by atoms with Gasteiger partial charge in [0.05, 0.1) is 11.9 Å². The van der Waals surface area contributed by atoms with Crippen LogP contribution >= 0.6 is 0 Å². The lowest BCUT2D eigenvalue weighted by molar-refractivity contribution is -0.118. The first-order valence-electron chi connectivity index (χ1n) is 6.44. The Hall–Kier alpha value is -2.37. The molecule has 0 bridgehead atoms. The Labute approximate surface area is 116 Å². The summed E-state index contributed by atoms with van der Waals surface area (Å²) < 4.78 is 14.7. The van der Waals surface area contributed by atoms with Crippen LogP contribution in [0.15, 0.2) is 36.7 Å². The molecule has 1 heterocycles. The van der Waals surface area contributed by atoms with Crippen molar-refractivity contribution >= 4 is 11.6 Å². The molecular weight excluding hydrogens is 259 g/mol. The topological polar surface area (TPSA) is 72.9 Å². The molecule has 6 heteroatoms. The lowest BCUT2D eigenvalue weighted by Crippen LogP contribution is -2.27. The third-order valence-electron chi connectivity index (χ3n) is 2.88. The fourth-order valence-electron chi connectivity index (χ4n) is 1.93. The van der Waals surface area contributed by atoms with Crippen LogP contribution in [0.2, 0.25) is 0 Å².